The monoisotopic (exact) mass is 399 g/mol. The molecular formula is C19H24F3N3OS. The van der Waals surface area contributed by atoms with Crippen LogP contribution >= 0.6 is 12.2 Å². The van der Waals surface area contributed by atoms with E-state index in [1.807, 2.05) is 32.6 Å². The van der Waals surface area contributed by atoms with Crippen LogP contribution in [0.3, 0.4) is 0 Å². The van der Waals surface area contributed by atoms with E-state index in [-0.39, 0.29) is 5.91 Å². The van der Waals surface area contributed by atoms with E-state index in [2.05, 4.69) is 5.32 Å². The number of alkyl halides is 3. The smallest absolute Gasteiger partial charge is 0.351 e. The molecule has 8 heteroatoms. The molecule has 1 amide bonds. The first kappa shape index (κ1) is 21.2. The molecule has 0 unspecified atom stereocenters. The fourth-order valence-corrected chi connectivity index (χ4v) is 3.62. The lowest BCUT2D eigenvalue weighted by Crippen LogP contribution is -2.49. The second-order valence-electron chi connectivity index (χ2n) is 6.22. The van der Waals surface area contributed by atoms with Gasteiger partial charge in [-0.3, -0.25) is 4.79 Å². The number of hydrogen-bond acceptors (Lipinski definition) is 2. The maximum atomic E-state index is 13.1. The average Bonchev–Trinajstić information content (AvgIpc) is 2.62. The van der Waals surface area contributed by atoms with Gasteiger partial charge in [0.25, 0.3) is 5.91 Å². The number of amides is 1. The standard InChI is InChI=1S/C19H24F3N3OS/c1-5-24(6-2)17(26)15-12(4)25(7-3)18(27)23-16(15)13-8-10-14(11-9-13)19(20,21)22/h8-11,16H,5-7H2,1-4H3,(H,23,27)/t16-/m0/s1. The van der Waals surface area contributed by atoms with Crippen LogP contribution in [0.25, 0.3) is 0 Å². The Morgan fingerprint density at radius 2 is 1.74 bits per heavy atom. The van der Waals surface area contributed by atoms with E-state index < -0.39 is 17.8 Å². The Bertz CT molecular complexity index is 740. The Labute approximate surface area is 163 Å². The van der Waals surface area contributed by atoms with Gasteiger partial charge in [0, 0.05) is 25.3 Å². The molecule has 1 aromatic carbocycles. The molecule has 27 heavy (non-hydrogen) atoms. The van der Waals surface area contributed by atoms with Crippen molar-refractivity contribution < 1.29 is 18.0 Å². The molecule has 1 aliphatic rings. The Kier molecular flexibility index (Phi) is 6.51. The van der Waals surface area contributed by atoms with Gasteiger partial charge in [-0.15, -0.1) is 0 Å². The molecule has 0 bridgehead atoms. The van der Waals surface area contributed by atoms with E-state index in [4.69, 9.17) is 12.2 Å². The van der Waals surface area contributed by atoms with Crippen LogP contribution in [0.2, 0.25) is 0 Å². The van der Waals surface area contributed by atoms with E-state index in [1.54, 1.807) is 4.90 Å². The second kappa shape index (κ2) is 8.29. The van der Waals surface area contributed by atoms with Gasteiger partial charge in [-0.2, -0.15) is 13.2 Å². The predicted octanol–water partition coefficient (Wildman–Crippen LogP) is 4.10. The number of halogens is 3. The molecule has 4 nitrogen and oxygen atoms in total. The molecule has 0 spiro atoms. The molecule has 1 aromatic rings. The minimum atomic E-state index is -4.40. The molecule has 1 atom stereocenters. The van der Waals surface area contributed by atoms with Gasteiger partial charge < -0.3 is 15.1 Å². The molecule has 0 saturated carbocycles. The Balaban J connectivity index is 2.53. The number of hydrogen-bond donors (Lipinski definition) is 1. The molecular weight excluding hydrogens is 375 g/mol. The van der Waals surface area contributed by atoms with Crippen LogP contribution < -0.4 is 5.32 Å². The number of carbonyl (C=O) groups excluding carboxylic acids is 1. The van der Waals surface area contributed by atoms with Crippen molar-refractivity contribution in [3.8, 4) is 0 Å². The van der Waals surface area contributed by atoms with E-state index in [0.717, 1.165) is 17.8 Å². The summed E-state index contributed by atoms with van der Waals surface area (Å²) in [5.74, 6) is -0.143. The molecule has 0 saturated heterocycles. The summed E-state index contributed by atoms with van der Waals surface area (Å²) in [7, 11) is 0. The molecule has 0 radical (unpaired) electrons. The van der Waals surface area contributed by atoms with E-state index >= 15 is 0 Å². The SMILES string of the molecule is CCN(CC)C(=O)C1=C(C)N(CC)C(=S)N[C@H]1c1ccc(C(F)(F)F)cc1. The molecule has 0 aliphatic carbocycles. The summed E-state index contributed by atoms with van der Waals surface area (Å²) in [5, 5.41) is 3.58. The molecule has 0 aromatic heterocycles. The lowest BCUT2D eigenvalue weighted by molar-refractivity contribution is -0.137. The molecule has 148 valence electrons. The summed E-state index contributed by atoms with van der Waals surface area (Å²) >= 11 is 5.40. The summed E-state index contributed by atoms with van der Waals surface area (Å²) in [4.78, 5) is 16.6. The van der Waals surface area contributed by atoms with Crippen LogP contribution in [-0.2, 0) is 11.0 Å². The van der Waals surface area contributed by atoms with Crippen molar-refractivity contribution in [2.24, 2.45) is 0 Å². The maximum Gasteiger partial charge on any atom is 0.416 e. The van der Waals surface area contributed by atoms with Crippen molar-refractivity contribution >= 4 is 23.2 Å². The normalized spacial score (nSPS) is 17.8. The highest BCUT2D eigenvalue weighted by molar-refractivity contribution is 7.80. The lowest BCUT2D eigenvalue weighted by atomic mass is 9.93. The fraction of sp³-hybridized carbons (Fsp3) is 0.474. The number of likely N-dealkylation sites (N-methyl/N-ethyl adjacent to an activating group) is 1. The lowest BCUT2D eigenvalue weighted by Gasteiger charge is -2.38. The zero-order valence-corrected chi connectivity index (χ0v) is 16.7. The molecule has 1 aliphatic heterocycles. The minimum Gasteiger partial charge on any atom is -0.351 e. The Hall–Kier alpha value is -2.09. The quantitative estimate of drug-likeness (QED) is 0.757. The van der Waals surface area contributed by atoms with Crippen molar-refractivity contribution in [3.05, 3.63) is 46.7 Å². The van der Waals surface area contributed by atoms with Crippen molar-refractivity contribution in [3.63, 3.8) is 0 Å². The summed E-state index contributed by atoms with van der Waals surface area (Å²) in [5.41, 5.74) is 1.07. The summed E-state index contributed by atoms with van der Waals surface area (Å²) in [6.45, 7) is 9.21. The van der Waals surface area contributed by atoms with Crippen LogP contribution in [0.15, 0.2) is 35.5 Å². The van der Waals surface area contributed by atoms with Gasteiger partial charge in [-0.05, 0) is 57.6 Å². The molecule has 1 N–H and O–H groups in total. The number of rotatable bonds is 5. The van der Waals surface area contributed by atoms with Crippen molar-refractivity contribution in [1.29, 1.82) is 0 Å². The van der Waals surface area contributed by atoms with Crippen molar-refractivity contribution in [2.45, 2.75) is 39.9 Å². The Morgan fingerprint density at radius 3 is 2.19 bits per heavy atom. The number of benzene rings is 1. The van der Waals surface area contributed by atoms with Crippen LogP contribution in [-0.4, -0.2) is 40.5 Å². The van der Waals surface area contributed by atoms with Gasteiger partial charge >= 0.3 is 6.18 Å². The van der Waals surface area contributed by atoms with Gasteiger partial charge in [0.05, 0.1) is 17.2 Å². The van der Waals surface area contributed by atoms with E-state index in [9.17, 15) is 18.0 Å². The number of nitrogens with one attached hydrogen (secondary N) is 1. The minimum absolute atomic E-state index is 0.143. The first-order valence-electron chi connectivity index (χ1n) is 8.90. The van der Waals surface area contributed by atoms with Gasteiger partial charge in [0.2, 0.25) is 0 Å². The Morgan fingerprint density at radius 1 is 1.19 bits per heavy atom. The maximum absolute atomic E-state index is 13.1. The van der Waals surface area contributed by atoms with E-state index in [1.165, 1.54) is 12.1 Å². The third-order valence-corrected chi connectivity index (χ3v) is 5.10. The van der Waals surface area contributed by atoms with Gasteiger partial charge in [-0.25, -0.2) is 0 Å². The second-order valence-corrected chi connectivity index (χ2v) is 6.61. The number of allylic oxidation sites excluding steroid dienone is 1. The van der Waals surface area contributed by atoms with Crippen LogP contribution in [0, 0.1) is 0 Å². The van der Waals surface area contributed by atoms with Crippen LogP contribution in [0.4, 0.5) is 13.2 Å². The molecule has 0 fully saturated rings. The molecule has 2 rings (SSSR count). The number of carbonyl (C=O) groups is 1. The van der Waals surface area contributed by atoms with Gasteiger partial charge in [0.15, 0.2) is 5.11 Å². The summed E-state index contributed by atoms with van der Waals surface area (Å²) in [6.07, 6.45) is -4.40. The zero-order chi connectivity index (χ0) is 20.4. The summed E-state index contributed by atoms with van der Waals surface area (Å²) < 4.78 is 38.6. The number of nitrogens with zero attached hydrogens (tertiary/aromatic N) is 2. The predicted molar refractivity (Wildman–Crippen MR) is 103 cm³/mol. The van der Waals surface area contributed by atoms with E-state index in [0.29, 0.717) is 35.9 Å². The first-order valence-corrected chi connectivity index (χ1v) is 9.31. The highest BCUT2D eigenvalue weighted by atomic mass is 32.1. The number of thiocarbonyl (C=S) groups is 1. The topological polar surface area (TPSA) is 35.6 Å². The molecule has 1 heterocycles. The largest absolute Gasteiger partial charge is 0.416 e. The highest BCUT2D eigenvalue weighted by Crippen LogP contribution is 2.34. The van der Waals surface area contributed by atoms with Crippen molar-refractivity contribution in [2.75, 3.05) is 19.6 Å². The third kappa shape index (κ3) is 4.26. The summed E-state index contributed by atoms with van der Waals surface area (Å²) in [6, 6.07) is 4.26. The van der Waals surface area contributed by atoms with Gasteiger partial charge in [-0.1, -0.05) is 12.1 Å². The average molecular weight is 399 g/mol. The zero-order valence-electron chi connectivity index (χ0n) is 15.9. The van der Waals surface area contributed by atoms with Crippen LogP contribution in [0.1, 0.15) is 44.9 Å². The highest BCUT2D eigenvalue weighted by Gasteiger charge is 2.36. The fourth-order valence-electron chi connectivity index (χ4n) is 3.23. The van der Waals surface area contributed by atoms with Gasteiger partial charge in [0.1, 0.15) is 0 Å². The first-order chi connectivity index (χ1) is 12.6. The third-order valence-electron chi connectivity index (χ3n) is 4.76. The van der Waals surface area contributed by atoms with Crippen molar-refractivity contribution in [1.82, 2.24) is 15.1 Å². The van der Waals surface area contributed by atoms with Crippen LogP contribution in [0.5, 0.6) is 0 Å².